The average Bonchev–Trinajstić information content (AvgIpc) is 3.12. The van der Waals surface area contributed by atoms with Gasteiger partial charge in [0.2, 0.25) is 11.9 Å². The van der Waals surface area contributed by atoms with Crippen LogP contribution in [0.15, 0.2) is 95.1 Å². The maximum absolute atomic E-state index is 5.68. The molecule has 0 aliphatic heterocycles. The molecule has 10 heteroatoms. The van der Waals surface area contributed by atoms with E-state index in [1.807, 2.05) is 42.5 Å². The van der Waals surface area contributed by atoms with Gasteiger partial charge in [-0.25, -0.2) is 19.9 Å². The molecule has 1 saturated carbocycles. The molecule has 2 aromatic heterocycles. The van der Waals surface area contributed by atoms with Gasteiger partial charge in [-0.1, -0.05) is 106 Å². The fourth-order valence-electron chi connectivity index (χ4n) is 5.11. The topological polar surface area (TPSA) is 128 Å². The molecule has 0 bridgehead atoms. The Bertz CT molecular complexity index is 1340. The first-order chi connectivity index (χ1) is 23.7. The third kappa shape index (κ3) is 15.4. The Balaban J connectivity index is 0.000000239. The van der Waals surface area contributed by atoms with Crippen molar-refractivity contribution in [3.63, 3.8) is 0 Å². The molecule has 2 atom stereocenters. The molecule has 2 heterocycles. The molecule has 1 aliphatic carbocycles. The zero-order chi connectivity index (χ0) is 34.1. The normalized spacial score (nSPS) is 14.8. The molecular formula is C38H56N8S2. The van der Waals surface area contributed by atoms with E-state index in [0.29, 0.717) is 24.9 Å². The molecule has 260 valence electrons. The molecule has 8 nitrogen and oxygen atoms in total. The molecule has 2 unspecified atom stereocenters. The first-order valence-corrected chi connectivity index (χ1v) is 19.6. The Morgan fingerprint density at radius 2 is 1.19 bits per heavy atom. The summed E-state index contributed by atoms with van der Waals surface area (Å²) in [5.74, 6) is 4.35. The van der Waals surface area contributed by atoms with Crippen LogP contribution in [0.1, 0.15) is 88.3 Å². The SMILES string of the molecule is CCCCCNc1nc(SCCN)cc(C2CCC2c2ccccc2)n1.CCCCCNc1nccc(SCCN)n1.c1ccccc1. The highest BCUT2D eigenvalue weighted by molar-refractivity contribution is 7.99. The van der Waals surface area contributed by atoms with Crippen LogP contribution in [-0.2, 0) is 0 Å². The summed E-state index contributed by atoms with van der Waals surface area (Å²) in [6, 6.07) is 26.9. The van der Waals surface area contributed by atoms with Gasteiger partial charge in [0, 0.05) is 49.8 Å². The van der Waals surface area contributed by atoms with Gasteiger partial charge in [0.05, 0.1) is 5.69 Å². The van der Waals surface area contributed by atoms with Gasteiger partial charge in [0.15, 0.2) is 0 Å². The molecule has 6 N–H and O–H groups in total. The minimum absolute atomic E-state index is 0.494. The lowest BCUT2D eigenvalue weighted by atomic mass is 9.68. The highest BCUT2D eigenvalue weighted by Gasteiger charge is 2.34. The summed E-state index contributed by atoms with van der Waals surface area (Å²) < 4.78 is 0. The van der Waals surface area contributed by atoms with Crippen molar-refractivity contribution in [1.82, 2.24) is 19.9 Å². The number of rotatable bonds is 18. The van der Waals surface area contributed by atoms with Crippen molar-refractivity contribution in [1.29, 1.82) is 0 Å². The highest BCUT2D eigenvalue weighted by Crippen LogP contribution is 2.48. The molecule has 2 aromatic carbocycles. The molecule has 0 spiro atoms. The van der Waals surface area contributed by atoms with Gasteiger partial charge < -0.3 is 22.1 Å². The van der Waals surface area contributed by atoms with Crippen molar-refractivity contribution in [3.8, 4) is 0 Å². The van der Waals surface area contributed by atoms with Crippen LogP contribution >= 0.6 is 23.5 Å². The Morgan fingerprint density at radius 3 is 1.75 bits per heavy atom. The Hall–Kier alpha value is -3.18. The van der Waals surface area contributed by atoms with Gasteiger partial charge in [-0.2, -0.15) is 0 Å². The van der Waals surface area contributed by atoms with E-state index in [1.54, 1.807) is 29.7 Å². The molecule has 48 heavy (non-hydrogen) atoms. The lowest BCUT2D eigenvalue weighted by molar-refractivity contribution is 0.339. The molecule has 5 rings (SSSR count). The number of unbranched alkanes of at least 4 members (excludes halogenated alkanes) is 4. The zero-order valence-corrected chi connectivity index (χ0v) is 30.5. The summed E-state index contributed by atoms with van der Waals surface area (Å²) in [6.07, 6.45) is 11.5. The zero-order valence-electron chi connectivity index (χ0n) is 28.9. The van der Waals surface area contributed by atoms with Gasteiger partial charge in [0.25, 0.3) is 0 Å². The number of anilines is 2. The lowest BCUT2D eigenvalue weighted by Crippen LogP contribution is -2.23. The number of hydrogen-bond donors (Lipinski definition) is 4. The quantitative estimate of drug-likeness (QED) is 0.0458. The number of benzene rings is 2. The summed E-state index contributed by atoms with van der Waals surface area (Å²) in [4.78, 5) is 18.1. The molecule has 0 saturated heterocycles. The second kappa shape index (κ2) is 24.9. The van der Waals surface area contributed by atoms with Crippen LogP contribution in [0.2, 0.25) is 0 Å². The first-order valence-electron chi connectivity index (χ1n) is 17.6. The second-order valence-corrected chi connectivity index (χ2v) is 13.8. The van der Waals surface area contributed by atoms with Gasteiger partial charge in [-0.3, -0.25) is 0 Å². The predicted octanol–water partition coefficient (Wildman–Crippen LogP) is 8.61. The molecule has 0 amide bonds. The number of thioether (sulfide) groups is 2. The monoisotopic (exact) mass is 688 g/mol. The van der Waals surface area contributed by atoms with Crippen LogP contribution < -0.4 is 22.1 Å². The minimum atomic E-state index is 0.494. The van der Waals surface area contributed by atoms with Crippen molar-refractivity contribution in [2.24, 2.45) is 11.5 Å². The van der Waals surface area contributed by atoms with Crippen LogP contribution in [0, 0.1) is 0 Å². The van der Waals surface area contributed by atoms with E-state index in [9.17, 15) is 0 Å². The number of nitrogens with zero attached hydrogens (tertiary/aromatic N) is 4. The van der Waals surface area contributed by atoms with Crippen molar-refractivity contribution in [2.45, 2.75) is 87.1 Å². The van der Waals surface area contributed by atoms with Gasteiger partial charge in [0.1, 0.15) is 10.1 Å². The van der Waals surface area contributed by atoms with Crippen molar-refractivity contribution in [3.05, 3.63) is 96.3 Å². The van der Waals surface area contributed by atoms with Crippen molar-refractivity contribution < 1.29 is 0 Å². The summed E-state index contributed by atoms with van der Waals surface area (Å²) in [5, 5.41) is 8.68. The largest absolute Gasteiger partial charge is 0.354 e. The Morgan fingerprint density at radius 1 is 0.646 bits per heavy atom. The van der Waals surface area contributed by atoms with Crippen molar-refractivity contribution in [2.75, 3.05) is 48.3 Å². The number of nitrogens with one attached hydrogen (secondary N) is 2. The Kier molecular flexibility index (Phi) is 20.4. The van der Waals surface area contributed by atoms with Crippen molar-refractivity contribution >= 4 is 35.4 Å². The van der Waals surface area contributed by atoms with E-state index in [0.717, 1.165) is 53.0 Å². The third-order valence-electron chi connectivity index (χ3n) is 7.76. The first kappa shape index (κ1) is 39.3. The van der Waals surface area contributed by atoms with Crippen LogP contribution in [0.3, 0.4) is 0 Å². The van der Waals surface area contributed by atoms with Gasteiger partial charge >= 0.3 is 0 Å². The van der Waals surface area contributed by atoms with Crippen LogP contribution in [0.25, 0.3) is 0 Å². The average molecular weight is 689 g/mol. The molecule has 1 fully saturated rings. The highest BCUT2D eigenvalue weighted by atomic mass is 32.2. The fourth-order valence-corrected chi connectivity index (χ4v) is 6.43. The van der Waals surface area contributed by atoms with E-state index in [4.69, 9.17) is 21.4 Å². The fraction of sp³-hybridized carbons (Fsp3) is 0.474. The number of aromatic nitrogens is 4. The third-order valence-corrected chi connectivity index (χ3v) is 9.67. The number of hydrogen-bond acceptors (Lipinski definition) is 10. The molecule has 0 radical (unpaired) electrons. The van der Waals surface area contributed by atoms with Gasteiger partial charge in [-0.15, -0.1) is 23.5 Å². The van der Waals surface area contributed by atoms with Crippen LogP contribution in [0.4, 0.5) is 11.9 Å². The Labute approximate surface area is 297 Å². The second-order valence-electron chi connectivity index (χ2n) is 11.6. The summed E-state index contributed by atoms with van der Waals surface area (Å²) in [5.41, 5.74) is 13.7. The molecule has 4 aromatic rings. The lowest BCUT2D eigenvalue weighted by Gasteiger charge is -2.37. The van der Waals surface area contributed by atoms with E-state index in [-0.39, 0.29) is 0 Å². The standard InChI is InChI=1S/C21H30N4S.C11H20N4S.C6H6/c1-2-3-7-13-23-21-24-19(15-20(25-21)26-14-12-22)18-11-10-17(18)16-8-5-4-6-9-16;1-2-3-4-7-13-11-14-8-5-10(15-11)16-9-6-12;1-2-4-6-5-3-1/h4-6,8-9,15,17-18H,2-3,7,10-14,22H2,1H3,(H,23,24,25);5,8H,2-4,6-7,9,12H2,1H3,(H,13,14,15);1-6H. The maximum atomic E-state index is 5.68. The predicted molar refractivity (Wildman–Crippen MR) is 207 cm³/mol. The van der Waals surface area contributed by atoms with E-state index >= 15 is 0 Å². The van der Waals surface area contributed by atoms with E-state index in [2.05, 4.69) is 70.8 Å². The van der Waals surface area contributed by atoms with Gasteiger partial charge in [-0.05, 0) is 49.3 Å². The number of nitrogens with two attached hydrogens (primary N) is 2. The summed E-state index contributed by atoms with van der Waals surface area (Å²) >= 11 is 3.39. The van der Waals surface area contributed by atoms with Crippen LogP contribution in [-0.4, -0.2) is 57.6 Å². The maximum Gasteiger partial charge on any atom is 0.223 e. The molecular weight excluding hydrogens is 633 g/mol. The minimum Gasteiger partial charge on any atom is -0.354 e. The summed E-state index contributed by atoms with van der Waals surface area (Å²) in [7, 11) is 0. The van der Waals surface area contributed by atoms with Crippen LogP contribution in [0.5, 0.6) is 0 Å². The van der Waals surface area contributed by atoms with E-state index < -0.39 is 0 Å². The van der Waals surface area contributed by atoms with E-state index in [1.165, 1.54) is 56.2 Å². The smallest absolute Gasteiger partial charge is 0.223 e. The molecule has 1 aliphatic rings. The summed E-state index contributed by atoms with van der Waals surface area (Å²) in [6.45, 7) is 7.64.